The normalized spacial score (nSPS) is 21.5. The summed E-state index contributed by atoms with van der Waals surface area (Å²) in [6.07, 6.45) is 5.54. The predicted molar refractivity (Wildman–Crippen MR) is 118 cm³/mol. The molecule has 4 heteroatoms. The molecule has 2 unspecified atom stereocenters. The monoisotopic (exact) mass is 416 g/mol. The number of ether oxygens (including phenoxy) is 1. The highest BCUT2D eigenvalue weighted by Crippen LogP contribution is 2.39. The zero-order valence-corrected chi connectivity index (χ0v) is 18.3. The fraction of sp³-hybridized carbons (Fsp3) is 0.520. The van der Waals surface area contributed by atoms with Crippen LogP contribution in [0.1, 0.15) is 53.5 Å². The Morgan fingerprint density at radius 3 is 2.41 bits per heavy atom. The minimum absolute atomic E-state index is 0.0631. The molecule has 0 bridgehead atoms. The van der Waals surface area contributed by atoms with Crippen molar-refractivity contribution < 1.29 is 14.9 Å². The summed E-state index contributed by atoms with van der Waals surface area (Å²) in [4.78, 5) is 0. The standard InChI is InChI=1S/C25H33ClO3/c1-17-11-22(12-18(2)23(17)15-28)29-16-24-21(9-10-25(24)26)8-4-6-19-5-3-7-20(13-19)14-27/h3,5,7,11-13,21,24-25,27-28H,4,6,8-10,14-16H2,1-2H3/t21-,24?,25?/m0/s1. The molecule has 3 rings (SSSR count). The van der Waals surface area contributed by atoms with E-state index in [4.69, 9.17) is 16.3 Å². The lowest BCUT2D eigenvalue weighted by molar-refractivity contribution is 0.208. The number of benzene rings is 2. The first-order valence-electron chi connectivity index (χ1n) is 10.7. The topological polar surface area (TPSA) is 49.7 Å². The van der Waals surface area contributed by atoms with Gasteiger partial charge < -0.3 is 14.9 Å². The van der Waals surface area contributed by atoms with Crippen LogP contribution in [0, 0.1) is 25.7 Å². The zero-order valence-electron chi connectivity index (χ0n) is 17.5. The van der Waals surface area contributed by atoms with Gasteiger partial charge in [0, 0.05) is 11.3 Å². The highest BCUT2D eigenvalue weighted by Gasteiger charge is 2.35. The highest BCUT2D eigenvalue weighted by molar-refractivity contribution is 6.21. The first kappa shape index (κ1) is 22.1. The second kappa shape index (κ2) is 10.5. The summed E-state index contributed by atoms with van der Waals surface area (Å²) in [7, 11) is 0. The van der Waals surface area contributed by atoms with Crippen LogP contribution in [0.15, 0.2) is 36.4 Å². The van der Waals surface area contributed by atoms with Crippen molar-refractivity contribution in [3.05, 3.63) is 64.2 Å². The third-order valence-corrected chi connectivity index (χ3v) is 6.91. The molecule has 2 aromatic rings. The molecule has 1 saturated carbocycles. The van der Waals surface area contributed by atoms with E-state index in [9.17, 15) is 10.2 Å². The predicted octanol–water partition coefficient (Wildman–Crippen LogP) is 5.32. The van der Waals surface area contributed by atoms with Gasteiger partial charge in [0.25, 0.3) is 0 Å². The first-order chi connectivity index (χ1) is 14.0. The Morgan fingerprint density at radius 1 is 1.00 bits per heavy atom. The molecule has 0 radical (unpaired) electrons. The maximum Gasteiger partial charge on any atom is 0.119 e. The molecule has 158 valence electrons. The van der Waals surface area contributed by atoms with Crippen molar-refractivity contribution in [1.82, 2.24) is 0 Å². The fourth-order valence-corrected chi connectivity index (χ4v) is 5.03. The van der Waals surface area contributed by atoms with Crippen molar-refractivity contribution in [1.29, 1.82) is 0 Å². The van der Waals surface area contributed by atoms with E-state index < -0.39 is 0 Å². The minimum Gasteiger partial charge on any atom is -0.493 e. The maximum atomic E-state index is 9.49. The molecule has 0 amide bonds. The number of rotatable bonds is 9. The van der Waals surface area contributed by atoms with Gasteiger partial charge in [0.1, 0.15) is 5.75 Å². The molecule has 29 heavy (non-hydrogen) atoms. The Hall–Kier alpha value is -1.55. The molecular formula is C25H33ClO3. The number of halogens is 1. The molecular weight excluding hydrogens is 384 g/mol. The summed E-state index contributed by atoms with van der Waals surface area (Å²) < 4.78 is 6.15. The van der Waals surface area contributed by atoms with Crippen molar-refractivity contribution in [3.8, 4) is 5.75 Å². The zero-order chi connectivity index (χ0) is 20.8. The van der Waals surface area contributed by atoms with E-state index in [1.165, 1.54) is 12.0 Å². The van der Waals surface area contributed by atoms with Crippen LogP contribution in [0.3, 0.4) is 0 Å². The maximum absolute atomic E-state index is 9.49. The first-order valence-corrected chi connectivity index (χ1v) is 11.1. The van der Waals surface area contributed by atoms with E-state index in [0.29, 0.717) is 18.4 Å². The van der Waals surface area contributed by atoms with Gasteiger partial charge in [-0.15, -0.1) is 11.6 Å². The second-order valence-electron chi connectivity index (χ2n) is 8.39. The summed E-state index contributed by atoms with van der Waals surface area (Å²) in [6.45, 7) is 4.84. The Balaban J connectivity index is 1.54. The molecule has 3 nitrogen and oxygen atoms in total. The van der Waals surface area contributed by atoms with Crippen molar-refractivity contribution in [2.24, 2.45) is 11.8 Å². The Kier molecular flexibility index (Phi) is 7.99. The van der Waals surface area contributed by atoms with Gasteiger partial charge in [0.2, 0.25) is 0 Å². The quantitative estimate of drug-likeness (QED) is 0.543. The van der Waals surface area contributed by atoms with E-state index in [1.54, 1.807) is 0 Å². The second-order valence-corrected chi connectivity index (χ2v) is 8.95. The van der Waals surface area contributed by atoms with Crippen LogP contribution in [-0.2, 0) is 19.6 Å². The summed E-state index contributed by atoms with van der Waals surface area (Å²) in [5.41, 5.74) is 5.39. The highest BCUT2D eigenvalue weighted by atomic mass is 35.5. The van der Waals surface area contributed by atoms with Crippen molar-refractivity contribution in [3.63, 3.8) is 0 Å². The molecule has 0 saturated heterocycles. The van der Waals surface area contributed by atoms with Gasteiger partial charge >= 0.3 is 0 Å². The smallest absolute Gasteiger partial charge is 0.119 e. The third kappa shape index (κ3) is 5.75. The lowest BCUT2D eigenvalue weighted by atomic mass is 9.90. The van der Waals surface area contributed by atoms with Crippen LogP contribution in [0.2, 0.25) is 0 Å². The molecule has 0 spiro atoms. The van der Waals surface area contributed by atoms with Gasteiger partial charge in [0.05, 0.1) is 19.8 Å². The van der Waals surface area contributed by atoms with Crippen molar-refractivity contribution in [2.75, 3.05) is 6.61 Å². The van der Waals surface area contributed by atoms with Gasteiger partial charge in [-0.1, -0.05) is 24.3 Å². The molecule has 2 N–H and O–H groups in total. The number of hydrogen-bond donors (Lipinski definition) is 2. The van der Waals surface area contributed by atoms with Gasteiger partial charge in [-0.3, -0.25) is 0 Å². The number of aliphatic hydroxyl groups excluding tert-OH is 2. The Labute approximate surface area is 179 Å². The lowest BCUT2D eigenvalue weighted by Crippen LogP contribution is -2.23. The third-order valence-electron chi connectivity index (χ3n) is 6.37. The van der Waals surface area contributed by atoms with Crippen molar-refractivity contribution >= 4 is 11.6 Å². The minimum atomic E-state index is 0.0631. The van der Waals surface area contributed by atoms with Crippen LogP contribution in [0.5, 0.6) is 5.75 Å². The molecule has 0 heterocycles. The number of hydrogen-bond acceptors (Lipinski definition) is 3. The summed E-state index contributed by atoms with van der Waals surface area (Å²) in [5, 5.41) is 19.0. The van der Waals surface area contributed by atoms with Crippen molar-refractivity contribution in [2.45, 2.75) is 64.5 Å². The van der Waals surface area contributed by atoms with Gasteiger partial charge in [0.15, 0.2) is 0 Å². The largest absolute Gasteiger partial charge is 0.493 e. The summed E-state index contributed by atoms with van der Waals surface area (Å²) in [5.74, 6) is 1.84. The average Bonchev–Trinajstić information content (AvgIpc) is 3.06. The fourth-order valence-electron chi connectivity index (χ4n) is 4.63. The van der Waals surface area contributed by atoms with Crippen LogP contribution in [0.4, 0.5) is 0 Å². The van der Waals surface area contributed by atoms with Gasteiger partial charge in [-0.05, 0) is 91.8 Å². The van der Waals surface area contributed by atoms with E-state index in [1.807, 2.05) is 38.1 Å². The number of aliphatic hydroxyl groups is 2. The Morgan fingerprint density at radius 2 is 1.72 bits per heavy atom. The average molecular weight is 417 g/mol. The molecule has 0 aromatic heterocycles. The summed E-state index contributed by atoms with van der Waals surface area (Å²) >= 11 is 6.64. The molecule has 1 fully saturated rings. The molecule has 1 aliphatic carbocycles. The van der Waals surface area contributed by atoms with Crippen LogP contribution < -0.4 is 4.74 Å². The van der Waals surface area contributed by atoms with E-state index in [2.05, 4.69) is 12.1 Å². The number of aryl methyl sites for hydroxylation is 3. The van der Waals surface area contributed by atoms with E-state index in [-0.39, 0.29) is 18.6 Å². The SMILES string of the molecule is Cc1cc(OCC2C(Cl)CC[C@@H]2CCCc2cccc(CO)c2)cc(C)c1CO. The van der Waals surface area contributed by atoms with Crippen LogP contribution in [-0.4, -0.2) is 22.2 Å². The number of alkyl halides is 1. The van der Waals surface area contributed by atoms with E-state index >= 15 is 0 Å². The Bertz CT molecular complexity index is 781. The van der Waals surface area contributed by atoms with Gasteiger partial charge in [-0.2, -0.15) is 0 Å². The molecule has 2 aromatic carbocycles. The lowest BCUT2D eigenvalue weighted by Gasteiger charge is -2.23. The summed E-state index contributed by atoms with van der Waals surface area (Å²) in [6, 6.07) is 12.2. The van der Waals surface area contributed by atoms with Crippen LogP contribution >= 0.6 is 11.6 Å². The van der Waals surface area contributed by atoms with Crippen LogP contribution in [0.25, 0.3) is 0 Å². The molecule has 1 aliphatic rings. The molecule has 0 aliphatic heterocycles. The van der Waals surface area contributed by atoms with E-state index in [0.717, 1.165) is 53.7 Å². The van der Waals surface area contributed by atoms with Gasteiger partial charge in [-0.25, -0.2) is 0 Å². The molecule has 3 atom stereocenters.